The lowest BCUT2D eigenvalue weighted by atomic mass is 10.1. The van der Waals surface area contributed by atoms with Crippen molar-refractivity contribution in [2.45, 2.75) is 18.4 Å². The Labute approximate surface area is 159 Å². The first-order chi connectivity index (χ1) is 12.2. The summed E-state index contributed by atoms with van der Waals surface area (Å²) in [5.41, 5.74) is 2.55. The normalized spacial score (nSPS) is 23.6. The molecule has 0 spiro atoms. The van der Waals surface area contributed by atoms with Crippen LogP contribution in [0.25, 0.3) is 0 Å². The maximum atomic E-state index is 6.28. The highest BCUT2D eigenvalue weighted by Gasteiger charge is 2.43. The highest BCUT2D eigenvalue weighted by molar-refractivity contribution is 6.37. The van der Waals surface area contributed by atoms with Crippen LogP contribution in [0.3, 0.4) is 0 Å². The minimum Gasteiger partial charge on any atom is -0.494 e. The van der Waals surface area contributed by atoms with E-state index in [1.165, 1.54) is 12.0 Å². The molecule has 2 atom stereocenters. The third kappa shape index (κ3) is 3.46. The minimum absolute atomic E-state index is 0.550. The first kappa shape index (κ1) is 17.0. The number of methoxy groups -OCH3 is 1. The lowest BCUT2D eigenvalue weighted by molar-refractivity contribution is 0.244. The Morgan fingerprint density at radius 3 is 2.20 bits per heavy atom. The third-order valence-electron chi connectivity index (χ3n) is 5.32. The molecule has 1 aliphatic heterocycles. The second-order valence-electron chi connectivity index (χ2n) is 6.79. The molecule has 0 unspecified atom stereocenters. The minimum atomic E-state index is 0.550. The summed E-state index contributed by atoms with van der Waals surface area (Å²) in [6, 6.07) is 15.5. The summed E-state index contributed by atoms with van der Waals surface area (Å²) in [7, 11) is 1.59. The van der Waals surface area contributed by atoms with Crippen molar-refractivity contribution in [2.75, 3.05) is 38.2 Å². The van der Waals surface area contributed by atoms with Crippen LogP contribution >= 0.6 is 23.2 Å². The van der Waals surface area contributed by atoms with Crippen LogP contribution in [0.1, 0.15) is 17.9 Å². The van der Waals surface area contributed by atoms with E-state index < -0.39 is 0 Å². The lowest BCUT2D eigenvalue weighted by Gasteiger charge is -2.36. The van der Waals surface area contributed by atoms with E-state index in [2.05, 4.69) is 40.1 Å². The van der Waals surface area contributed by atoms with Gasteiger partial charge in [0, 0.05) is 43.8 Å². The molecule has 0 radical (unpaired) electrons. The first-order valence-corrected chi connectivity index (χ1v) is 9.50. The summed E-state index contributed by atoms with van der Waals surface area (Å²) < 4.78 is 5.24. The number of hydrogen-bond donors (Lipinski definition) is 0. The molecule has 4 rings (SSSR count). The zero-order chi connectivity index (χ0) is 17.4. The maximum Gasteiger partial charge on any atom is 0.156 e. The van der Waals surface area contributed by atoms with Gasteiger partial charge in [0.05, 0.1) is 17.2 Å². The molecule has 0 amide bonds. The van der Waals surface area contributed by atoms with Gasteiger partial charge in [0.2, 0.25) is 0 Å². The van der Waals surface area contributed by atoms with Crippen molar-refractivity contribution >= 4 is 28.9 Å². The molecular weight excluding hydrogens is 355 g/mol. The largest absolute Gasteiger partial charge is 0.494 e. The summed E-state index contributed by atoms with van der Waals surface area (Å²) in [5, 5.41) is 1.14. The fourth-order valence-corrected chi connectivity index (χ4v) is 4.51. The molecular formula is C20H22Cl2N2O. The standard InChI is InChI=1S/C20H22Cl2N2O/c1-25-20-17(21)11-15(12-18(20)22)23-7-9-24(10-8-23)19-13-16(19)14-5-3-2-4-6-14/h2-6,11-12,16,19H,7-10,13H2,1H3/t16-,19+/m0/s1. The number of benzene rings is 2. The summed E-state index contributed by atoms with van der Waals surface area (Å²) in [5.74, 6) is 1.26. The second-order valence-corrected chi connectivity index (χ2v) is 7.60. The SMILES string of the molecule is COc1c(Cl)cc(N2CCN([C@@H]3C[C@H]3c3ccccc3)CC2)cc1Cl. The number of anilines is 1. The van der Waals surface area contributed by atoms with Crippen molar-refractivity contribution in [3.8, 4) is 5.75 Å². The van der Waals surface area contributed by atoms with Crippen molar-refractivity contribution in [2.24, 2.45) is 0 Å². The molecule has 2 aromatic rings. The van der Waals surface area contributed by atoms with Gasteiger partial charge in [-0.2, -0.15) is 0 Å². The molecule has 1 aliphatic carbocycles. The molecule has 1 heterocycles. The Hall–Kier alpha value is -1.42. The average molecular weight is 377 g/mol. The summed E-state index contributed by atoms with van der Waals surface area (Å²) in [6.07, 6.45) is 1.28. The van der Waals surface area contributed by atoms with Crippen LogP contribution in [0, 0.1) is 0 Å². The van der Waals surface area contributed by atoms with E-state index in [-0.39, 0.29) is 0 Å². The van der Waals surface area contributed by atoms with Gasteiger partial charge < -0.3 is 9.64 Å². The number of ether oxygens (including phenoxy) is 1. The Balaban J connectivity index is 1.38. The quantitative estimate of drug-likeness (QED) is 0.770. The Morgan fingerprint density at radius 1 is 0.960 bits per heavy atom. The lowest BCUT2D eigenvalue weighted by Crippen LogP contribution is -2.47. The molecule has 3 nitrogen and oxygen atoms in total. The van der Waals surface area contributed by atoms with E-state index in [0.717, 1.165) is 31.9 Å². The number of nitrogens with zero attached hydrogens (tertiary/aromatic N) is 2. The molecule has 2 fully saturated rings. The van der Waals surface area contributed by atoms with Gasteiger partial charge in [-0.3, -0.25) is 4.90 Å². The molecule has 132 valence electrons. The van der Waals surface area contributed by atoms with Crippen molar-refractivity contribution in [3.05, 3.63) is 58.1 Å². The van der Waals surface area contributed by atoms with Gasteiger partial charge in [-0.25, -0.2) is 0 Å². The maximum absolute atomic E-state index is 6.28. The number of halogens is 2. The van der Waals surface area contributed by atoms with Crippen LogP contribution in [-0.2, 0) is 0 Å². The molecule has 1 saturated heterocycles. The molecule has 1 saturated carbocycles. The zero-order valence-electron chi connectivity index (χ0n) is 14.3. The molecule has 25 heavy (non-hydrogen) atoms. The fourth-order valence-electron chi connectivity index (χ4n) is 3.88. The van der Waals surface area contributed by atoms with E-state index in [1.807, 2.05) is 12.1 Å². The van der Waals surface area contributed by atoms with E-state index in [0.29, 0.717) is 27.8 Å². The van der Waals surface area contributed by atoms with Crippen LogP contribution in [0.5, 0.6) is 5.75 Å². The molecule has 0 aromatic heterocycles. The first-order valence-electron chi connectivity index (χ1n) is 8.74. The van der Waals surface area contributed by atoms with Crippen molar-refractivity contribution in [1.82, 2.24) is 4.90 Å². The van der Waals surface area contributed by atoms with Crippen LogP contribution in [-0.4, -0.2) is 44.2 Å². The summed E-state index contributed by atoms with van der Waals surface area (Å²) >= 11 is 12.6. The molecule has 5 heteroatoms. The Kier molecular flexibility index (Phi) is 4.81. The summed E-state index contributed by atoms with van der Waals surface area (Å²) in [4.78, 5) is 4.98. The average Bonchev–Trinajstić information content (AvgIpc) is 3.43. The van der Waals surface area contributed by atoms with Gasteiger partial charge in [-0.05, 0) is 24.1 Å². The van der Waals surface area contributed by atoms with E-state index >= 15 is 0 Å². The van der Waals surface area contributed by atoms with E-state index in [9.17, 15) is 0 Å². The topological polar surface area (TPSA) is 15.7 Å². The zero-order valence-corrected chi connectivity index (χ0v) is 15.8. The predicted octanol–water partition coefficient (Wildman–Crippen LogP) is 4.68. The number of hydrogen-bond acceptors (Lipinski definition) is 3. The second kappa shape index (κ2) is 7.06. The van der Waals surface area contributed by atoms with Gasteiger partial charge in [-0.1, -0.05) is 53.5 Å². The highest BCUT2D eigenvalue weighted by Crippen LogP contribution is 2.45. The molecule has 0 bridgehead atoms. The monoisotopic (exact) mass is 376 g/mol. The van der Waals surface area contributed by atoms with Crippen molar-refractivity contribution < 1.29 is 4.74 Å². The number of piperazine rings is 1. The predicted molar refractivity (Wildman–Crippen MR) is 104 cm³/mol. The van der Waals surface area contributed by atoms with Crippen LogP contribution in [0.15, 0.2) is 42.5 Å². The third-order valence-corrected chi connectivity index (χ3v) is 5.88. The van der Waals surface area contributed by atoms with Gasteiger partial charge in [0.25, 0.3) is 0 Å². The van der Waals surface area contributed by atoms with Crippen LogP contribution in [0.2, 0.25) is 10.0 Å². The molecule has 0 N–H and O–H groups in total. The summed E-state index contributed by atoms with van der Waals surface area (Å²) in [6.45, 7) is 4.15. The Bertz CT molecular complexity index is 722. The molecule has 2 aromatic carbocycles. The van der Waals surface area contributed by atoms with Gasteiger partial charge in [-0.15, -0.1) is 0 Å². The van der Waals surface area contributed by atoms with Gasteiger partial charge in [0.1, 0.15) is 0 Å². The Morgan fingerprint density at radius 2 is 1.60 bits per heavy atom. The van der Waals surface area contributed by atoms with Gasteiger partial charge in [0.15, 0.2) is 5.75 Å². The smallest absolute Gasteiger partial charge is 0.156 e. The van der Waals surface area contributed by atoms with E-state index in [1.54, 1.807) is 7.11 Å². The van der Waals surface area contributed by atoms with Crippen LogP contribution < -0.4 is 9.64 Å². The highest BCUT2D eigenvalue weighted by atomic mass is 35.5. The van der Waals surface area contributed by atoms with E-state index in [4.69, 9.17) is 27.9 Å². The van der Waals surface area contributed by atoms with Crippen LogP contribution in [0.4, 0.5) is 5.69 Å². The fraction of sp³-hybridized carbons (Fsp3) is 0.400. The van der Waals surface area contributed by atoms with Crippen molar-refractivity contribution in [1.29, 1.82) is 0 Å². The van der Waals surface area contributed by atoms with Crippen molar-refractivity contribution in [3.63, 3.8) is 0 Å². The number of rotatable bonds is 4. The van der Waals surface area contributed by atoms with Gasteiger partial charge >= 0.3 is 0 Å². The molecule has 2 aliphatic rings.